The van der Waals surface area contributed by atoms with Crippen LogP contribution in [0.2, 0.25) is 0 Å². The van der Waals surface area contributed by atoms with Crippen molar-refractivity contribution in [2.45, 2.75) is 38.3 Å². The number of anilines is 1. The van der Waals surface area contributed by atoms with E-state index in [0.29, 0.717) is 0 Å². The number of hydrogen-bond acceptors (Lipinski definition) is 4. The van der Waals surface area contributed by atoms with Crippen molar-refractivity contribution in [2.75, 3.05) is 16.8 Å². The van der Waals surface area contributed by atoms with Crippen molar-refractivity contribution in [3.63, 3.8) is 0 Å². The van der Waals surface area contributed by atoms with Gasteiger partial charge in [0.2, 0.25) is 0 Å². The molecular formula is C14H19NO3S. The van der Waals surface area contributed by atoms with Crippen LogP contribution in [-0.2, 0) is 15.3 Å². The first-order valence-electron chi connectivity index (χ1n) is 6.53. The van der Waals surface area contributed by atoms with Gasteiger partial charge in [-0.15, -0.1) is 0 Å². The smallest absolute Gasteiger partial charge is 0.156 e. The molecule has 0 aromatic heterocycles. The number of rotatable bonds is 0. The number of sulfone groups is 1. The monoisotopic (exact) mass is 281 g/mol. The summed E-state index contributed by atoms with van der Waals surface area (Å²) in [4.78, 5) is 0. The molecule has 0 spiro atoms. The Morgan fingerprint density at radius 1 is 1.26 bits per heavy atom. The van der Waals surface area contributed by atoms with Gasteiger partial charge in [-0.2, -0.15) is 0 Å². The lowest BCUT2D eigenvalue weighted by atomic mass is 9.86. The number of ether oxygens (including phenoxy) is 1. The molecule has 2 aliphatic heterocycles. The molecule has 2 aliphatic rings. The topological polar surface area (TPSA) is 55.4 Å². The predicted molar refractivity (Wildman–Crippen MR) is 75.6 cm³/mol. The molecule has 3 rings (SSSR count). The highest BCUT2D eigenvalue weighted by molar-refractivity contribution is 7.91. The molecule has 1 aromatic rings. The second-order valence-electron chi connectivity index (χ2n) is 6.44. The zero-order valence-corrected chi connectivity index (χ0v) is 12.3. The lowest BCUT2D eigenvalue weighted by Crippen LogP contribution is -2.40. The largest absolute Gasteiger partial charge is 0.485 e. The van der Waals surface area contributed by atoms with Crippen LogP contribution in [0.25, 0.3) is 0 Å². The van der Waals surface area contributed by atoms with Gasteiger partial charge in [-0.25, -0.2) is 8.42 Å². The van der Waals surface area contributed by atoms with Crippen LogP contribution < -0.4 is 10.1 Å². The molecule has 5 heteroatoms. The summed E-state index contributed by atoms with van der Waals surface area (Å²) in [6.45, 7) is 6.46. The third-order valence-electron chi connectivity index (χ3n) is 3.77. The second-order valence-corrected chi connectivity index (χ2v) is 8.60. The van der Waals surface area contributed by atoms with E-state index in [0.717, 1.165) is 11.4 Å². The average molecular weight is 281 g/mol. The molecule has 2 heterocycles. The maximum Gasteiger partial charge on any atom is 0.156 e. The van der Waals surface area contributed by atoms with Crippen LogP contribution in [0.4, 0.5) is 5.69 Å². The van der Waals surface area contributed by atoms with Gasteiger partial charge in [0.15, 0.2) is 9.84 Å². The minimum atomic E-state index is -2.97. The Kier molecular flexibility index (Phi) is 2.61. The Balaban J connectivity index is 1.94. The minimum absolute atomic E-state index is 0.0648. The number of nitrogens with one attached hydrogen (secondary N) is 1. The van der Waals surface area contributed by atoms with Crippen LogP contribution in [0, 0.1) is 0 Å². The molecule has 1 aromatic carbocycles. The average Bonchev–Trinajstić information content (AvgIpc) is 2.56. The van der Waals surface area contributed by atoms with Crippen molar-refractivity contribution in [3.8, 4) is 5.75 Å². The zero-order valence-electron chi connectivity index (χ0n) is 11.4. The summed E-state index contributed by atoms with van der Waals surface area (Å²) < 4.78 is 29.1. The van der Waals surface area contributed by atoms with Gasteiger partial charge >= 0.3 is 0 Å². The highest BCUT2D eigenvalue weighted by atomic mass is 32.2. The van der Waals surface area contributed by atoms with Crippen molar-refractivity contribution in [2.24, 2.45) is 0 Å². The fourth-order valence-corrected chi connectivity index (χ4v) is 4.42. The molecule has 2 atom stereocenters. The van der Waals surface area contributed by atoms with Crippen molar-refractivity contribution < 1.29 is 13.2 Å². The molecule has 0 amide bonds. The fraction of sp³-hybridized carbons (Fsp3) is 0.571. The molecule has 0 saturated carbocycles. The first-order chi connectivity index (χ1) is 8.74. The van der Waals surface area contributed by atoms with Gasteiger partial charge in [-0.3, -0.25) is 0 Å². The van der Waals surface area contributed by atoms with E-state index in [1.165, 1.54) is 5.56 Å². The number of fused-ring (bicyclic) bond motifs is 2. The molecule has 2 unspecified atom stereocenters. The van der Waals surface area contributed by atoms with E-state index >= 15 is 0 Å². The molecule has 19 heavy (non-hydrogen) atoms. The van der Waals surface area contributed by atoms with Gasteiger partial charge in [0.25, 0.3) is 0 Å². The molecule has 0 aliphatic carbocycles. The molecule has 0 bridgehead atoms. The second kappa shape index (κ2) is 3.88. The Morgan fingerprint density at radius 3 is 2.68 bits per heavy atom. The van der Waals surface area contributed by atoms with E-state index in [4.69, 9.17) is 4.74 Å². The Morgan fingerprint density at radius 2 is 2.00 bits per heavy atom. The van der Waals surface area contributed by atoms with E-state index in [2.05, 4.69) is 32.2 Å². The van der Waals surface area contributed by atoms with E-state index in [9.17, 15) is 8.42 Å². The summed E-state index contributed by atoms with van der Waals surface area (Å²) in [5.74, 6) is 1.04. The number of benzene rings is 1. The van der Waals surface area contributed by atoms with Gasteiger partial charge in [-0.1, -0.05) is 26.8 Å². The minimum Gasteiger partial charge on any atom is -0.485 e. The highest BCUT2D eigenvalue weighted by Gasteiger charge is 2.42. The third-order valence-corrected chi connectivity index (χ3v) is 5.47. The Labute approximate surface area is 114 Å². The van der Waals surface area contributed by atoms with Gasteiger partial charge in [-0.05, 0) is 23.1 Å². The number of hydrogen-bond donors (Lipinski definition) is 1. The summed E-state index contributed by atoms with van der Waals surface area (Å²) in [5, 5.41) is 3.32. The maximum atomic E-state index is 11.7. The van der Waals surface area contributed by atoms with E-state index in [-0.39, 0.29) is 29.1 Å². The van der Waals surface area contributed by atoms with E-state index < -0.39 is 9.84 Å². The normalized spacial score (nSPS) is 27.9. The molecule has 1 N–H and O–H groups in total. The van der Waals surface area contributed by atoms with Crippen molar-refractivity contribution in [1.82, 2.24) is 0 Å². The SMILES string of the molecule is CC(C)(C)c1ccc2c(c1)NC1CS(=O)(=O)CC1O2. The molecule has 104 valence electrons. The molecule has 4 nitrogen and oxygen atoms in total. The van der Waals surface area contributed by atoms with Crippen LogP contribution in [-0.4, -0.2) is 32.1 Å². The molecule has 1 fully saturated rings. The quantitative estimate of drug-likeness (QED) is 0.790. The Hall–Kier alpha value is -1.23. The summed E-state index contributed by atoms with van der Waals surface area (Å²) in [6, 6.07) is 5.93. The summed E-state index contributed by atoms with van der Waals surface area (Å²) >= 11 is 0. The van der Waals surface area contributed by atoms with Crippen LogP contribution in [0.3, 0.4) is 0 Å². The molecule has 1 saturated heterocycles. The predicted octanol–water partition coefficient (Wildman–Crippen LogP) is 1.95. The molecule has 0 radical (unpaired) electrons. The highest BCUT2D eigenvalue weighted by Crippen LogP contribution is 2.37. The third kappa shape index (κ3) is 2.31. The van der Waals surface area contributed by atoms with Crippen molar-refractivity contribution in [3.05, 3.63) is 23.8 Å². The summed E-state index contributed by atoms with van der Waals surface area (Å²) in [7, 11) is -2.97. The van der Waals surface area contributed by atoms with E-state index in [1.54, 1.807) is 0 Å². The lowest BCUT2D eigenvalue weighted by molar-refractivity contribution is 0.206. The van der Waals surface area contributed by atoms with Gasteiger partial charge < -0.3 is 10.1 Å². The first kappa shape index (κ1) is 12.8. The zero-order chi connectivity index (χ0) is 13.8. The lowest BCUT2D eigenvalue weighted by Gasteiger charge is -2.31. The summed E-state index contributed by atoms with van der Waals surface area (Å²) in [6.07, 6.45) is -0.252. The van der Waals surface area contributed by atoms with Crippen LogP contribution in [0.15, 0.2) is 18.2 Å². The Bertz CT molecular complexity index is 616. The van der Waals surface area contributed by atoms with Gasteiger partial charge in [0.05, 0.1) is 23.2 Å². The van der Waals surface area contributed by atoms with Crippen LogP contribution >= 0.6 is 0 Å². The standard InChI is InChI=1S/C14H19NO3S/c1-14(2,3)9-4-5-12-10(6-9)15-11-7-19(16,17)8-13(11)18-12/h4-6,11,13,15H,7-8H2,1-3H3. The van der Waals surface area contributed by atoms with Gasteiger partial charge in [0.1, 0.15) is 11.9 Å². The fourth-order valence-electron chi connectivity index (χ4n) is 2.64. The maximum absolute atomic E-state index is 11.7. The van der Waals surface area contributed by atoms with Gasteiger partial charge in [0, 0.05) is 0 Å². The van der Waals surface area contributed by atoms with E-state index in [1.807, 2.05) is 12.1 Å². The van der Waals surface area contributed by atoms with Crippen molar-refractivity contribution >= 4 is 15.5 Å². The summed E-state index contributed by atoms with van der Waals surface area (Å²) in [5.41, 5.74) is 2.18. The van der Waals surface area contributed by atoms with Crippen LogP contribution in [0.5, 0.6) is 5.75 Å². The molecular weight excluding hydrogens is 262 g/mol. The first-order valence-corrected chi connectivity index (χ1v) is 8.35. The van der Waals surface area contributed by atoms with Crippen LogP contribution in [0.1, 0.15) is 26.3 Å². The van der Waals surface area contributed by atoms with Crippen molar-refractivity contribution in [1.29, 1.82) is 0 Å².